The third kappa shape index (κ3) is 3.35. The molecule has 0 aromatic heterocycles. The minimum atomic E-state index is -1.04. The van der Waals surface area contributed by atoms with E-state index in [9.17, 15) is 15.0 Å². The van der Waals surface area contributed by atoms with Crippen molar-refractivity contribution in [3.8, 4) is 5.75 Å². The minimum Gasteiger partial charge on any atom is -0.508 e. The number of aryl methyl sites for hydroxylation is 1. The molecular weight excluding hydrogens is 324 g/mol. The number of cyclic esters (lactones) is 1. The summed E-state index contributed by atoms with van der Waals surface area (Å²) >= 11 is 0. The lowest BCUT2D eigenvalue weighted by Crippen LogP contribution is -2.32. The third-order valence-corrected chi connectivity index (χ3v) is 4.30. The summed E-state index contributed by atoms with van der Waals surface area (Å²) in [4.78, 5) is 11.9. The van der Waals surface area contributed by atoms with Crippen LogP contribution >= 0.6 is 0 Å². The molecule has 0 amide bonds. The fourth-order valence-electron chi connectivity index (χ4n) is 2.94. The van der Waals surface area contributed by atoms with Crippen LogP contribution in [0.5, 0.6) is 5.75 Å². The van der Waals surface area contributed by atoms with Gasteiger partial charge in [0.05, 0.1) is 6.61 Å². The zero-order valence-electron chi connectivity index (χ0n) is 14.3. The molecule has 0 fully saturated rings. The van der Waals surface area contributed by atoms with E-state index >= 15 is 0 Å². The first-order valence-electron chi connectivity index (χ1n) is 8.40. The normalized spacial score (nSPS) is 25.1. The molecule has 0 radical (unpaired) electrons. The average Bonchev–Trinajstić information content (AvgIpc) is 3.10. The Labute approximate surface area is 146 Å². The van der Waals surface area contributed by atoms with Crippen LogP contribution < -0.4 is 0 Å². The first-order chi connectivity index (χ1) is 12.0. The molecule has 3 rings (SSSR count). The van der Waals surface area contributed by atoms with Gasteiger partial charge in [-0.25, -0.2) is 4.79 Å². The SMILES string of the molecule is CC/C=C/C1(CCc2ccc(O)c(CO)c2)OC2=C(O1)C(C)OC2=O. The van der Waals surface area contributed by atoms with Crippen molar-refractivity contribution in [1.29, 1.82) is 0 Å². The molecule has 0 saturated carbocycles. The Balaban J connectivity index is 1.77. The molecular formula is C19H22O6. The summed E-state index contributed by atoms with van der Waals surface area (Å²) in [6.45, 7) is 3.52. The van der Waals surface area contributed by atoms with E-state index in [1.165, 1.54) is 0 Å². The van der Waals surface area contributed by atoms with Gasteiger partial charge in [-0.05, 0) is 43.5 Å². The highest BCUT2D eigenvalue weighted by Crippen LogP contribution is 2.41. The highest BCUT2D eigenvalue weighted by atomic mass is 16.8. The number of phenols is 1. The van der Waals surface area contributed by atoms with Crippen molar-refractivity contribution < 1.29 is 29.2 Å². The van der Waals surface area contributed by atoms with Gasteiger partial charge in [0.1, 0.15) is 5.75 Å². The van der Waals surface area contributed by atoms with Gasteiger partial charge in [-0.15, -0.1) is 0 Å². The summed E-state index contributed by atoms with van der Waals surface area (Å²) in [7, 11) is 0. The van der Waals surface area contributed by atoms with Crippen molar-refractivity contribution in [3.05, 3.63) is 53.0 Å². The number of aliphatic hydroxyl groups excluding tert-OH is 1. The maximum absolute atomic E-state index is 11.9. The summed E-state index contributed by atoms with van der Waals surface area (Å²) in [5, 5.41) is 18.9. The Morgan fingerprint density at radius 1 is 1.32 bits per heavy atom. The van der Waals surface area contributed by atoms with Crippen LogP contribution in [0.2, 0.25) is 0 Å². The van der Waals surface area contributed by atoms with Crippen molar-refractivity contribution in [1.82, 2.24) is 0 Å². The number of ether oxygens (including phenoxy) is 3. The van der Waals surface area contributed by atoms with Crippen molar-refractivity contribution >= 4 is 5.97 Å². The Morgan fingerprint density at radius 3 is 2.80 bits per heavy atom. The molecule has 2 unspecified atom stereocenters. The van der Waals surface area contributed by atoms with E-state index in [0.29, 0.717) is 24.2 Å². The summed E-state index contributed by atoms with van der Waals surface area (Å²) < 4.78 is 16.9. The van der Waals surface area contributed by atoms with E-state index in [1.807, 2.05) is 19.1 Å². The number of carbonyl (C=O) groups is 1. The van der Waals surface area contributed by atoms with Crippen molar-refractivity contribution in [2.45, 2.75) is 51.6 Å². The van der Waals surface area contributed by atoms with Crippen LogP contribution in [0, 0.1) is 0 Å². The van der Waals surface area contributed by atoms with E-state index in [-0.39, 0.29) is 18.1 Å². The quantitative estimate of drug-likeness (QED) is 0.608. The lowest BCUT2D eigenvalue weighted by molar-refractivity contribution is -0.167. The standard InChI is InChI=1S/C19H22O6/c1-3-4-8-19(24-16-12(2)23-18(22)17(16)25-19)9-7-13-5-6-15(21)14(10-13)11-20/h4-6,8,10,12,20-21H,3,7,9,11H2,1-2H3/b8-4+. The van der Waals surface area contributed by atoms with Gasteiger partial charge >= 0.3 is 5.97 Å². The monoisotopic (exact) mass is 346 g/mol. The molecule has 2 N–H and O–H groups in total. The lowest BCUT2D eigenvalue weighted by atomic mass is 10.0. The molecule has 1 aromatic rings. The fourth-order valence-corrected chi connectivity index (χ4v) is 2.94. The summed E-state index contributed by atoms with van der Waals surface area (Å²) in [6.07, 6.45) is 5.20. The van der Waals surface area contributed by atoms with Crippen LogP contribution in [0.3, 0.4) is 0 Å². The molecule has 0 saturated heterocycles. The average molecular weight is 346 g/mol. The highest BCUT2D eigenvalue weighted by molar-refractivity contribution is 5.90. The van der Waals surface area contributed by atoms with Crippen LogP contribution in [-0.4, -0.2) is 28.1 Å². The van der Waals surface area contributed by atoms with Crippen LogP contribution in [0.25, 0.3) is 0 Å². The van der Waals surface area contributed by atoms with Crippen molar-refractivity contribution in [2.24, 2.45) is 0 Å². The van der Waals surface area contributed by atoms with Gasteiger partial charge in [0.25, 0.3) is 11.5 Å². The van der Waals surface area contributed by atoms with Crippen LogP contribution in [0.4, 0.5) is 0 Å². The molecule has 134 valence electrons. The van der Waals surface area contributed by atoms with Crippen LogP contribution in [-0.2, 0) is 32.0 Å². The van der Waals surface area contributed by atoms with E-state index < -0.39 is 17.9 Å². The smallest absolute Gasteiger partial charge is 0.378 e. The van der Waals surface area contributed by atoms with E-state index in [4.69, 9.17) is 14.2 Å². The second-order valence-corrected chi connectivity index (χ2v) is 6.19. The molecule has 1 aromatic carbocycles. The molecule has 0 bridgehead atoms. The third-order valence-electron chi connectivity index (χ3n) is 4.30. The zero-order valence-corrected chi connectivity index (χ0v) is 14.3. The fraction of sp³-hybridized carbons (Fsp3) is 0.421. The van der Waals surface area contributed by atoms with Gasteiger partial charge in [0.2, 0.25) is 0 Å². The van der Waals surface area contributed by atoms with Gasteiger partial charge in [-0.1, -0.05) is 19.1 Å². The van der Waals surface area contributed by atoms with Crippen LogP contribution in [0.1, 0.15) is 37.8 Å². The Kier molecular flexibility index (Phi) is 4.72. The molecule has 0 aliphatic carbocycles. The Bertz CT molecular complexity index is 735. The topological polar surface area (TPSA) is 85.2 Å². The molecule has 2 aliphatic rings. The predicted molar refractivity (Wildman–Crippen MR) is 89.3 cm³/mol. The summed E-state index contributed by atoms with van der Waals surface area (Å²) in [6, 6.07) is 5.10. The van der Waals surface area contributed by atoms with Gasteiger partial charge in [0.15, 0.2) is 11.9 Å². The number of allylic oxidation sites excluding steroid dienone is 1. The van der Waals surface area contributed by atoms with Gasteiger partial charge in [-0.3, -0.25) is 0 Å². The summed E-state index contributed by atoms with van der Waals surface area (Å²) in [5.41, 5.74) is 1.41. The van der Waals surface area contributed by atoms with E-state index in [1.54, 1.807) is 25.1 Å². The van der Waals surface area contributed by atoms with Gasteiger partial charge < -0.3 is 24.4 Å². The van der Waals surface area contributed by atoms with E-state index in [0.717, 1.165) is 12.0 Å². The second-order valence-electron chi connectivity index (χ2n) is 6.19. The number of hydrogen-bond donors (Lipinski definition) is 2. The van der Waals surface area contributed by atoms with Crippen molar-refractivity contribution in [3.63, 3.8) is 0 Å². The first kappa shape index (κ1) is 17.4. The van der Waals surface area contributed by atoms with Gasteiger partial charge in [-0.2, -0.15) is 0 Å². The number of rotatable bonds is 6. The Morgan fingerprint density at radius 2 is 2.12 bits per heavy atom. The maximum atomic E-state index is 11.9. The van der Waals surface area contributed by atoms with Crippen LogP contribution in [0.15, 0.2) is 41.9 Å². The number of aromatic hydroxyl groups is 1. The predicted octanol–water partition coefficient (Wildman–Crippen LogP) is 2.68. The molecule has 6 heteroatoms. The van der Waals surface area contributed by atoms with Gasteiger partial charge in [0, 0.05) is 12.0 Å². The Hall–Kier alpha value is -2.47. The zero-order chi connectivity index (χ0) is 18.0. The van der Waals surface area contributed by atoms with Crippen molar-refractivity contribution in [2.75, 3.05) is 0 Å². The number of hydrogen-bond acceptors (Lipinski definition) is 6. The van der Waals surface area contributed by atoms with E-state index in [2.05, 4.69) is 0 Å². The molecule has 2 aliphatic heterocycles. The highest BCUT2D eigenvalue weighted by Gasteiger charge is 2.49. The minimum absolute atomic E-state index is 0.0671. The largest absolute Gasteiger partial charge is 0.508 e. The second kappa shape index (κ2) is 6.80. The maximum Gasteiger partial charge on any atom is 0.378 e. The number of esters is 1. The first-order valence-corrected chi connectivity index (χ1v) is 8.40. The lowest BCUT2D eigenvalue weighted by Gasteiger charge is -2.27. The molecule has 2 heterocycles. The molecule has 6 nitrogen and oxygen atoms in total. The molecule has 25 heavy (non-hydrogen) atoms. The number of benzene rings is 1. The molecule has 2 atom stereocenters. The number of aliphatic hydroxyl groups is 1. The number of carbonyl (C=O) groups excluding carboxylic acids is 1. The summed E-state index contributed by atoms with van der Waals surface area (Å²) in [5.74, 6) is -0.882. The molecule has 0 spiro atoms.